The highest BCUT2D eigenvalue weighted by atomic mass is 32.1. The summed E-state index contributed by atoms with van der Waals surface area (Å²) in [5.74, 6) is 1.46. The first-order valence-electron chi connectivity index (χ1n) is 9.32. The van der Waals surface area contributed by atoms with Crippen LogP contribution < -0.4 is 14.4 Å². The second kappa shape index (κ2) is 8.29. The van der Waals surface area contributed by atoms with Crippen LogP contribution in [0.15, 0.2) is 35.7 Å². The van der Waals surface area contributed by atoms with Gasteiger partial charge in [-0.05, 0) is 36.4 Å². The summed E-state index contributed by atoms with van der Waals surface area (Å²) < 4.78 is 11.3. The van der Waals surface area contributed by atoms with Gasteiger partial charge in [-0.3, -0.25) is 9.69 Å². The molecule has 4 rings (SSSR count). The number of fused-ring (bicyclic) bond motifs is 1. The summed E-state index contributed by atoms with van der Waals surface area (Å²) in [7, 11) is 0. The summed E-state index contributed by atoms with van der Waals surface area (Å²) in [5, 5.41) is 11.7. The lowest BCUT2D eigenvalue weighted by Gasteiger charge is -2.31. The lowest BCUT2D eigenvalue weighted by Crippen LogP contribution is -2.44. The molecule has 3 heterocycles. The van der Waals surface area contributed by atoms with Crippen molar-refractivity contribution in [1.29, 1.82) is 0 Å². The van der Waals surface area contributed by atoms with E-state index in [1.54, 1.807) is 11.3 Å². The molecule has 0 radical (unpaired) electrons. The maximum atomic E-state index is 13.1. The minimum atomic E-state index is -0.239. The predicted octanol–water partition coefficient (Wildman–Crippen LogP) is 2.51. The monoisotopic (exact) mass is 388 g/mol. The van der Waals surface area contributed by atoms with Gasteiger partial charge in [-0.1, -0.05) is 6.07 Å². The van der Waals surface area contributed by atoms with Crippen molar-refractivity contribution in [3.8, 4) is 11.5 Å². The zero-order valence-corrected chi connectivity index (χ0v) is 16.0. The summed E-state index contributed by atoms with van der Waals surface area (Å²) in [6.45, 7) is 3.46. The van der Waals surface area contributed by atoms with E-state index in [1.165, 1.54) is 0 Å². The Kier molecular flexibility index (Phi) is 5.61. The number of hydrogen-bond donors (Lipinski definition) is 1. The number of hydrogen-bond acceptors (Lipinski definition) is 6. The molecule has 1 N–H and O–H groups in total. The molecule has 7 heteroatoms. The number of rotatable bonds is 5. The fraction of sp³-hybridized carbons (Fsp3) is 0.450. The number of amides is 1. The number of likely N-dealkylation sites (tertiary alicyclic amines) is 1. The normalized spacial score (nSPS) is 17.7. The molecule has 1 saturated heterocycles. The third-order valence-corrected chi connectivity index (χ3v) is 5.81. The molecule has 0 spiro atoms. The molecule has 144 valence electrons. The topological polar surface area (TPSA) is 62.2 Å². The number of aliphatic hydroxyl groups is 1. The maximum absolute atomic E-state index is 13.1. The molecule has 6 nitrogen and oxygen atoms in total. The molecule has 0 atom stereocenters. The SMILES string of the molecule is O=C(CN1CCC(O)CC1)N(Cc1cccs1)c1ccc2c(c1)OCCO2. The molecule has 1 aromatic heterocycles. The quantitative estimate of drug-likeness (QED) is 0.853. The molecule has 1 aromatic carbocycles. The van der Waals surface area contributed by atoms with Gasteiger partial charge in [0.1, 0.15) is 13.2 Å². The Hall–Kier alpha value is -2.09. The highest BCUT2D eigenvalue weighted by Crippen LogP contribution is 2.34. The lowest BCUT2D eigenvalue weighted by atomic mass is 10.1. The van der Waals surface area contributed by atoms with Crippen LogP contribution in [0.3, 0.4) is 0 Å². The largest absolute Gasteiger partial charge is 0.486 e. The molecule has 1 amide bonds. The number of ether oxygens (including phenoxy) is 2. The van der Waals surface area contributed by atoms with Gasteiger partial charge in [-0.15, -0.1) is 11.3 Å². The van der Waals surface area contributed by atoms with Crippen LogP contribution >= 0.6 is 11.3 Å². The summed E-state index contributed by atoms with van der Waals surface area (Å²) in [4.78, 5) is 18.2. The number of aliphatic hydroxyl groups excluding tert-OH is 1. The van der Waals surface area contributed by atoms with Gasteiger partial charge in [0.25, 0.3) is 0 Å². The smallest absolute Gasteiger partial charge is 0.241 e. The molecule has 0 bridgehead atoms. The number of nitrogens with zero attached hydrogens (tertiary/aromatic N) is 2. The number of anilines is 1. The van der Waals surface area contributed by atoms with Crippen LogP contribution in [0.25, 0.3) is 0 Å². The van der Waals surface area contributed by atoms with Crippen LogP contribution in [0.5, 0.6) is 11.5 Å². The van der Waals surface area contributed by atoms with Crippen molar-refractivity contribution in [2.75, 3.05) is 37.7 Å². The Morgan fingerprint density at radius 2 is 1.96 bits per heavy atom. The maximum Gasteiger partial charge on any atom is 0.241 e. The van der Waals surface area contributed by atoms with Crippen molar-refractivity contribution in [3.05, 3.63) is 40.6 Å². The Morgan fingerprint density at radius 3 is 2.70 bits per heavy atom. The van der Waals surface area contributed by atoms with Crippen molar-refractivity contribution < 1.29 is 19.4 Å². The summed E-state index contributed by atoms with van der Waals surface area (Å²) in [6, 6.07) is 9.72. The van der Waals surface area contributed by atoms with E-state index in [1.807, 2.05) is 40.6 Å². The zero-order chi connectivity index (χ0) is 18.6. The standard InChI is InChI=1S/C20H24N2O4S/c23-16-5-7-21(8-6-16)14-20(24)22(13-17-2-1-11-27-17)15-3-4-18-19(12-15)26-10-9-25-18/h1-4,11-12,16,23H,5-10,13-14H2. The molecule has 2 aliphatic rings. The van der Waals surface area contributed by atoms with E-state index in [0.717, 1.165) is 42.2 Å². The summed E-state index contributed by atoms with van der Waals surface area (Å²) >= 11 is 1.64. The number of thiophene rings is 1. The third-order valence-electron chi connectivity index (χ3n) is 4.95. The van der Waals surface area contributed by atoms with E-state index in [2.05, 4.69) is 4.90 Å². The second-order valence-electron chi connectivity index (χ2n) is 6.89. The van der Waals surface area contributed by atoms with Crippen LogP contribution in [0, 0.1) is 0 Å². The zero-order valence-electron chi connectivity index (χ0n) is 15.2. The van der Waals surface area contributed by atoms with Crippen LogP contribution in [0.1, 0.15) is 17.7 Å². The molecule has 2 aliphatic heterocycles. The van der Waals surface area contributed by atoms with Gasteiger partial charge < -0.3 is 19.5 Å². The Morgan fingerprint density at radius 1 is 1.19 bits per heavy atom. The third kappa shape index (κ3) is 4.43. The summed E-state index contributed by atoms with van der Waals surface area (Å²) in [5.41, 5.74) is 0.815. The van der Waals surface area contributed by atoms with Crippen molar-refractivity contribution >= 4 is 22.9 Å². The molecule has 0 saturated carbocycles. The lowest BCUT2D eigenvalue weighted by molar-refractivity contribution is -0.120. The second-order valence-corrected chi connectivity index (χ2v) is 7.93. The molecule has 2 aromatic rings. The predicted molar refractivity (Wildman–Crippen MR) is 105 cm³/mol. The molecular weight excluding hydrogens is 364 g/mol. The Labute approximate surface area is 162 Å². The molecular formula is C20H24N2O4S. The highest BCUT2D eigenvalue weighted by Gasteiger charge is 2.24. The average molecular weight is 388 g/mol. The molecule has 27 heavy (non-hydrogen) atoms. The van der Waals surface area contributed by atoms with Crippen LogP contribution in [-0.2, 0) is 11.3 Å². The van der Waals surface area contributed by atoms with Gasteiger partial charge in [-0.25, -0.2) is 0 Å². The first-order valence-corrected chi connectivity index (χ1v) is 10.2. The number of benzene rings is 1. The van der Waals surface area contributed by atoms with Crippen LogP contribution in [0.2, 0.25) is 0 Å². The highest BCUT2D eigenvalue weighted by molar-refractivity contribution is 7.09. The van der Waals surface area contributed by atoms with Crippen molar-refractivity contribution in [2.45, 2.75) is 25.5 Å². The first kappa shape index (κ1) is 18.3. The van der Waals surface area contributed by atoms with Crippen LogP contribution in [0.4, 0.5) is 5.69 Å². The fourth-order valence-corrected chi connectivity index (χ4v) is 4.13. The van der Waals surface area contributed by atoms with E-state index in [-0.39, 0.29) is 12.0 Å². The molecule has 0 aliphatic carbocycles. The summed E-state index contributed by atoms with van der Waals surface area (Å²) in [6.07, 6.45) is 1.21. The van der Waals surface area contributed by atoms with Crippen molar-refractivity contribution in [2.24, 2.45) is 0 Å². The van der Waals surface area contributed by atoms with E-state index in [0.29, 0.717) is 32.1 Å². The number of carbonyl (C=O) groups excluding carboxylic acids is 1. The Balaban J connectivity index is 1.54. The number of piperidine rings is 1. The van der Waals surface area contributed by atoms with Gasteiger partial charge in [0.15, 0.2) is 11.5 Å². The van der Waals surface area contributed by atoms with Gasteiger partial charge in [0, 0.05) is 29.7 Å². The van der Waals surface area contributed by atoms with E-state index in [4.69, 9.17) is 9.47 Å². The molecule has 1 fully saturated rings. The van der Waals surface area contributed by atoms with E-state index < -0.39 is 0 Å². The van der Waals surface area contributed by atoms with Gasteiger partial charge in [-0.2, -0.15) is 0 Å². The van der Waals surface area contributed by atoms with E-state index in [9.17, 15) is 9.90 Å². The minimum absolute atomic E-state index is 0.0523. The Bertz CT molecular complexity index is 772. The fourth-order valence-electron chi connectivity index (χ4n) is 3.44. The van der Waals surface area contributed by atoms with Gasteiger partial charge in [0.2, 0.25) is 5.91 Å². The van der Waals surface area contributed by atoms with Crippen molar-refractivity contribution in [1.82, 2.24) is 4.90 Å². The van der Waals surface area contributed by atoms with Gasteiger partial charge >= 0.3 is 0 Å². The first-order chi connectivity index (χ1) is 13.2. The average Bonchev–Trinajstić information content (AvgIpc) is 3.21. The molecule has 0 unspecified atom stereocenters. The van der Waals surface area contributed by atoms with Crippen molar-refractivity contribution in [3.63, 3.8) is 0 Å². The van der Waals surface area contributed by atoms with E-state index >= 15 is 0 Å². The number of carbonyl (C=O) groups is 1. The van der Waals surface area contributed by atoms with Gasteiger partial charge in [0.05, 0.1) is 19.2 Å². The van der Waals surface area contributed by atoms with Crippen LogP contribution in [-0.4, -0.2) is 54.9 Å². The minimum Gasteiger partial charge on any atom is -0.486 e.